The summed E-state index contributed by atoms with van der Waals surface area (Å²) in [7, 11) is 0. The molecule has 0 aliphatic rings. The average Bonchev–Trinajstić information content (AvgIpc) is 4.16. The van der Waals surface area contributed by atoms with Gasteiger partial charge in [0.05, 0.1) is 44.1 Å². The molecule has 0 unspecified atom stereocenters. The summed E-state index contributed by atoms with van der Waals surface area (Å²) in [6.07, 6.45) is 0. The Balaban J connectivity index is 0.966. The lowest BCUT2D eigenvalue weighted by molar-refractivity contribution is 1.16. The van der Waals surface area contributed by atoms with Crippen LogP contribution in [0.25, 0.3) is 132 Å². The van der Waals surface area contributed by atoms with Crippen LogP contribution in [-0.2, 0) is 0 Å². The summed E-state index contributed by atoms with van der Waals surface area (Å²) in [4.78, 5) is 0. The van der Waals surface area contributed by atoms with Gasteiger partial charge in [0, 0.05) is 65.8 Å². The molecule has 0 amide bonds. The molecular formula is C66H42N4. The van der Waals surface area contributed by atoms with Crippen LogP contribution in [0.2, 0.25) is 0 Å². The van der Waals surface area contributed by atoms with Gasteiger partial charge < -0.3 is 18.3 Å². The van der Waals surface area contributed by atoms with Crippen molar-refractivity contribution >= 4 is 87.2 Å². The zero-order valence-corrected chi connectivity index (χ0v) is 38.0. The van der Waals surface area contributed by atoms with E-state index in [9.17, 15) is 0 Å². The van der Waals surface area contributed by atoms with Crippen LogP contribution < -0.4 is 0 Å². The van der Waals surface area contributed by atoms with E-state index in [0.717, 1.165) is 22.7 Å². The fourth-order valence-corrected chi connectivity index (χ4v) is 11.7. The van der Waals surface area contributed by atoms with Crippen molar-refractivity contribution in [2.75, 3.05) is 0 Å². The molecule has 0 atom stereocenters. The van der Waals surface area contributed by atoms with E-state index in [1.807, 2.05) is 0 Å². The second-order valence-corrected chi connectivity index (χ2v) is 18.5. The van der Waals surface area contributed by atoms with Gasteiger partial charge in [0.1, 0.15) is 0 Å². The highest BCUT2D eigenvalue weighted by molar-refractivity contribution is 6.26. The molecule has 0 saturated heterocycles. The molecule has 0 saturated carbocycles. The molecule has 0 spiro atoms. The Kier molecular flexibility index (Phi) is 8.33. The third-order valence-electron chi connectivity index (χ3n) is 14.7. The fourth-order valence-electron chi connectivity index (χ4n) is 11.7. The summed E-state index contributed by atoms with van der Waals surface area (Å²) in [6.45, 7) is 0. The minimum atomic E-state index is 1.12. The monoisotopic (exact) mass is 890 g/mol. The van der Waals surface area contributed by atoms with Gasteiger partial charge in [-0.1, -0.05) is 152 Å². The third kappa shape index (κ3) is 5.65. The first-order valence-corrected chi connectivity index (χ1v) is 24.1. The fraction of sp³-hybridized carbons (Fsp3) is 0. The van der Waals surface area contributed by atoms with Crippen molar-refractivity contribution in [3.8, 4) is 45.0 Å². The van der Waals surface area contributed by atoms with Gasteiger partial charge in [-0.15, -0.1) is 0 Å². The number of fused-ring (bicyclic) bond motifs is 13. The van der Waals surface area contributed by atoms with Crippen molar-refractivity contribution in [2.24, 2.45) is 0 Å². The molecule has 0 aliphatic heterocycles. The van der Waals surface area contributed by atoms with E-state index in [4.69, 9.17) is 0 Å². The van der Waals surface area contributed by atoms with Crippen molar-refractivity contribution in [1.82, 2.24) is 18.3 Å². The van der Waals surface area contributed by atoms with E-state index in [2.05, 4.69) is 273 Å². The highest BCUT2D eigenvalue weighted by atomic mass is 15.0. The Morgan fingerprint density at radius 3 is 1.23 bits per heavy atom. The van der Waals surface area contributed by atoms with E-state index >= 15 is 0 Å². The zero-order chi connectivity index (χ0) is 45.9. The molecule has 4 aromatic heterocycles. The van der Waals surface area contributed by atoms with Crippen LogP contribution in [0.4, 0.5) is 0 Å². The van der Waals surface area contributed by atoms with E-state index in [0.29, 0.717) is 0 Å². The Morgan fingerprint density at radius 2 is 0.586 bits per heavy atom. The normalized spacial score (nSPS) is 12.0. The summed E-state index contributed by atoms with van der Waals surface area (Å²) in [5, 5.41) is 9.87. The molecule has 15 rings (SSSR count). The lowest BCUT2D eigenvalue weighted by Crippen LogP contribution is -1.96. The van der Waals surface area contributed by atoms with Crippen molar-refractivity contribution in [3.05, 3.63) is 255 Å². The number of benzene rings is 11. The quantitative estimate of drug-likeness (QED) is 0.158. The maximum absolute atomic E-state index is 2.49. The first-order valence-electron chi connectivity index (χ1n) is 24.1. The molecule has 0 aliphatic carbocycles. The van der Waals surface area contributed by atoms with Gasteiger partial charge in [0.2, 0.25) is 0 Å². The molecule has 0 fully saturated rings. The zero-order valence-electron chi connectivity index (χ0n) is 38.0. The number of para-hydroxylation sites is 5. The van der Waals surface area contributed by atoms with Gasteiger partial charge in [0.15, 0.2) is 0 Å². The third-order valence-corrected chi connectivity index (χ3v) is 14.7. The number of hydrogen-bond donors (Lipinski definition) is 0. The SMILES string of the molecule is c1ccc(-c2cccc(-n3c4ccccc4c4ccc5c(c6ccccc6n5-c5ccc6c(c5)c5cc(-c7ccc8c(c7)c7ccccc7n8-c7ccccc7)ccc5n6-c5ccccc5)c43)c2)cc1. The maximum atomic E-state index is 2.49. The smallest absolute Gasteiger partial charge is 0.0641 e. The van der Waals surface area contributed by atoms with E-state index in [-0.39, 0.29) is 0 Å². The molecular weight excluding hydrogens is 849 g/mol. The van der Waals surface area contributed by atoms with Crippen molar-refractivity contribution in [2.45, 2.75) is 0 Å². The van der Waals surface area contributed by atoms with Crippen LogP contribution in [0, 0.1) is 0 Å². The van der Waals surface area contributed by atoms with Crippen LogP contribution in [0.1, 0.15) is 0 Å². The van der Waals surface area contributed by atoms with Gasteiger partial charge in [-0.05, 0) is 125 Å². The summed E-state index contributed by atoms with van der Waals surface area (Å²) in [5.41, 5.74) is 18.9. The van der Waals surface area contributed by atoms with Crippen molar-refractivity contribution in [1.29, 1.82) is 0 Å². The van der Waals surface area contributed by atoms with Crippen LogP contribution in [0.5, 0.6) is 0 Å². The minimum Gasteiger partial charge on any atom is -0.309 e. The standard InChI is InChI=1S/C66H42N4/c1-4-17-43(18-5-1)44-19-16-24-49(39-44)70-59-29-14-10-25-51(59)53-34-38-64-65(66(53)70)54-27-12-15-30-60(54)69(64)50-33-37-63-57(42-50)56-41-46(32-36-62(56)68(63)48-22-8-3-9-23-48)45-31-35-61-55(40-45)52-26-11-13-28-58(52)67(61)47-20-6-2-7-21-47/h1-42H. The molecule has 11 aromatic carbocycles. The summed E-state index contributed by atoms with van der Waals surface area (Å²) in [5.74, 6) is 0. The Hall–Kier alpha value is -9.38. The molecule has 0 radical (unpaired) electrons. The molecule has 0 bridgehead atoms. The van der Waals surface area contributed by atoms with Crippen LogP contribution >= 0.6 is 0 Å². The van der Waals surface area contributed by atoms with E-state index in [1.54, 1.807) is 0 Å². The highest BCUT2D eigenvalue weighted by Crippen LogP contribution is 2.44. The van der Waals surface area contributed by atoms with Gasteiger partial charge in [-0.25, -0.2) is 0 Å². The molecule has 70 heavy (non-hydrogen) atoms. The molecule has 4 heterocycles. The van der Waals surface area contributed by atoms with E-state index in [1.165, 1.54) is 109 Å². The molecule has 15 aromatic rings. The number of rotatable bonds is 6. The number of nitrogens with zero attached hydrogens (tertiary/aromatic N) is 4. The minimum absolute atomic E-state index is 1.12. The molecule has 4 nitrogen and oxygen atoms in total. The largest absolute Gasteiger partial charge is 0.309 e. The lowest BCUT2D eigenvalue weighted by atomic mass is 10.0. The number of aromatic nitrogens is 4. The summed E-state index contributed by atoms with van der Waals surface area (Å²) >= 11 is 0. The van der Waals surface area contributed by atoms with Gasteiger partial charge in [0.25, 0.3) is 0 Å². The Morgan fingerprint density at radius 1 is 0.186 bits per heavy atom. The van der Waals surface area contributed by atoms with Gasteiger partial charge in [-0.2, -0.15) is 0 Å². The average molecular weight is 891 g/mol. The Bertz CT molecular complexity index is 4570. The first kappa shape index (κ1) is 38.7. The summed E-state index contributed by atoms with van der Waals surface area (Å²) in [6, 6.07) is 93.5. The molecule has 0 N–H and O–H groups in total. The van der Waals surface area contributed by atoms with Crippen molar-refractivity contribution < 1.29 is 0 Å². The van der Waals surface area contributed by atoms with Crippen LogP contribution in [-0.4, -0.2) is 18.3 Å². The van der Waals surface area contributed by atoms with Gasteiger partial charge >= 0.3 is 0 Å². The van der Waals surface area contributed by atoms with E-state index < -0.39 is 0 Å². The second kappa shape index (κ2) is 15.1. The maximum Gasteiger partial charge on any atom is 0.0641 e. The predicted octanol–water partition coefficient (Wildman–Crippen LogP) is 17.4. The van der Waals surface area contributed by atoms with Gasteiger partial charge in [-0.3, -0.25) is 0 Å². The Labute approximate surface area is 403 Å². The number of hydrogen-bond acceptors (Lipinski definition) is 0. The van der Waals surface area contributed by atoms with Crippen molar-refractivity contribution in [3.63, 3.8) is 0 Å². The molecule has 4 heteroatoms. The topological polar surface area (TPSA) is 19.7 Å². The molecule has 326 valence electrons. The predicted molar refractivity (Wildman–Crippen MR) is 295 cm³/mol. The van der Waals surface area contributed by atoms with Crippen LogP contribution in [0.3, 0.4) is 0 Å². The summed E-state index contributed by atoms with van der Waals surface area (Å²) < 4.78 is 9.78. The second-order valence-electron chi connectivity index (χ2n) is 18.5. The lowest BCUT2D eigenvalue weighted by Gasteiger charge is -2.12. The van der Waals surface area contributed by atoms with Crippen LogP contribution in [0.15, 0.2) is 255 Å². The first-order chi connectivity index (χ1) is 34.7. The highest BCUT2D eigenvalue weighted by Gasteiger charge is 2.23.